The van der Waals surface area contributed by atoms with E-state index in [2.05, 4.69) is 4.90 Å². The molecule has 2 aliphatic heterocycles. The second-order valence-electron chi connectivity index (χ2n) is 7.95. The van der Waals surface area contributed by atoms with E-state index in [1.807, 2.05) is 56.1 Å². The Labute approximate surface area is 167 Å². The zero-order valence-corrected chi connectivity index (χ0v) is 17.2. The maximum Gasteiger partial charge on any atom is 0.410 e. The molecule has 0 bridgehead atoms. The molecular formula is C21H32N4O3. The predicted molar refractivity (Wildman–Crippen MR) is 108 cm³/mol. The predicted octanol–water partition coefficient (Wildman–Crippen LogP) is 2.48. The summed E-state index contributed by atoms with van der Waals surface area (Å²) in [5, 5.41) is 0. The van der Waals surface area contributed by atoms with Gasteiger partial charge in [-0.2, -0.15) is 0 Å². The van der Waals surface area contributed by atoms with E-state index in [9.17, 15) is 9.59 Å². The molecule has 0 unspecified atom stereocenters. The quantitative estimate of drug-likeness (QED) is 0.778. The monoisotopic (exact) mass is 388 g/mol. The molecule has 2 saturated heterocycles. The number of likely N-dealkylation sites (tertiary alicyclic amines) is 1. The van der Waals surface area contributed by atoms with Crippen LogP contribution in [-0.4, -0.2) is 90.1 Å². The summed E-state index contributed by atoms with van der Waals surface area (Å²) in [5.41, 5.74) is 0.967. The lowest BCUT2D eigenvalue weighted by atomic mass is 10.1. The Morgan fingerprint density at radius 1 is 1.11 bits per heavy atom. The van der Waals surface area contributed by atoms with Crippen molar-refractivity contribution in [2.45, 2.75) is 39.0 Å². The molecule has 3 rings (SSSR count). The second kappa shape index (κ2) is 9.28. The number of urea groups is 1. The van der Waals surface area contributed by atoms with Crippen molar-refractivity contribution in [3.05, 3.63) is 35.9 Å². The Bertz CT molecular complexity index is 653. The summed E-state index contributed by atoms with van der Waals surface area (Å²) in [6, 6.07) is 9.60. The van der Waals surface area contributed by atoms with Crippen molar-refractivity contribution in [3.63, 3.8) is 0 Å². The van der Waals surface area contributed by atoms with E-state index in [1.165, 1.54) is 6.42 Å². The first-order valence-electron chi connectivity index (χ1n) is 10.2. The van der Waals surface area contributed by atoms with Crippen molar-refractivity contribution in [2.75, 3.05) is 46.3 Å². The summed E-state index contributed by atoms with van der Waals surface area (Å²) < 4.78 is 5.46. The minimum Gasteiger partial charge on any atom is -0.445 e. The maximum absolute atomic E-state index is 12.9. The number of amides is 3. The van der Waals surface area contributed by atoms with Crippen molar-refractivity contribution in [3.8, 4) is 0 Å². The van der Waals surface area contributed by atoms with Gasteiger partial charge >= 0.3 is 12.1 Å². The molecule has 7 heteroatoms. The van der Waals surface area contributed by atoms with Crippen LogP contribution in [0.5, 0.6) is 0 Å². The third-order valence-electron chi connectivity index (χ3n) is 5.63. The molecule has 2 atom stereocenters. The largest absolute Gasteiger partial charge is 0.445 e. The molecule has 1 aromatic rings. The van der Waals surface area contributed by atoms with Gasteiger partial charge in [0.25, 0.3) is 0 Å². The van der Waals surface area contributed by atoms with Crippen LogP contribution >= 0.6 is 0 Å². The molecule has 2 aliphatic rings. The summed E-state index contributed by atoms with van der Waals surface area (Å²) in [7, 11) is 1.86. The van der Waals surface area contributed by atoms with Crippen LogP contribution in [0.1, 0.15) is 25.8 Å². The Kier molecular flexibility index (Phi) is 6.78. The fourth-order valence-corrected chi connectivity index (χ4v) is 3.85. The fourth-order valence-electron chi connectivity index (χ4n) is 3.85. The third kappa shape index (κ3) is 4.95. The highest BCUT2D eigenvalue weighted by molar-refractivity contribution is 5.76. The number of rotatable bonds is 5. The average Bonchev–Trinajstić information content (AvgIpc) is 2.64. The normalized spacial score (nSPS) is 22.5. The van der Waals surface area contributed by atoms with E-state index >= 15 is 0 Å². The Balaban J connectivity index is 1.49. The molecule has 7 nitrogen and oxygen atoms in total. The van der Waals surface area contributed by atoms with Gasteiger partial charge in [0, 0.05) is 45.3 Å². The number of ether oxygens (including phenoxy) is 1. The van der Waals surface area contributed by atoms with Crippen LogP contribution in [0, 0.1) is 0 Å². The van der Waals surface area contributed by atoms with E-state index in [0.717, 1.165) is 31.7 Å². The van der Waals surface area contributed by atoms with Crippen molar-refractivity contribution in [1.29, 1.82) is 0 Å². The number of carbonyl (C=O) groups excluding carboxylic acids is 2. The van der Waals surface area contributed by atoms with Gasteiger partial charge in [0.15, 0.2) is 0 Å². The van der Waals surface area contributed by atoms with Gasteiger partial charge < -0.3 is 24.3 Å². The molecule has 0 radical (unpaired) electrons. The van der Waals surface area contributed by atoms with E-state index in [4.69, 9.17) is 4.74 Å². The van der Waals surface area contributed by atoms with Crippen molar-refractivity contribution >= 4 is 12.1 Å². The van der Waals surface area contributed by atoms with Gasteiger partial charge in [-0.3, -0.25) is 0 Å². The summed E-state index contributed by atoms with van der Waals surface area (Å²) in [6.07, 6.45) is 0.939. The highest BCUT2D eigenvalue weighted by Gasteiger charge is 2.36. The zero-order chi connectivity index (χ0) is 20.1. The molecule has 0 aliphatic carbocycles. The van der Waals surface area contributed by atoms with E-state index < -0.39 is 0 Å². The molecule has 3 amide bonds. The van der Waals surface area contributed by atoms with Crippen LogP contribution in [0.4, 0.5) is 9.59 Å². The van der Waals surface area contributed by atoms with Crippen LogP contribution in [0.15, 0.2) is 30.3 Å². The topological polar surface area (TPSA) is 56.3 Å². The summed E-state index contributed by atoms with van der Waals surface area (Å²) >= 11 is 0. The molecular weight excluding hydrogens is 356 g/mol. The van der Waals surface area contributed by atoms with Gasteiger partial charge in [-0.1, -0.05) is 30.3 Å². The molecule has 1 aromatic carbocycles. The smallest absolute Gasteiger partial charge is 0.410 e. The standard InChI is InChI=1S/C21H32N4O3/c1-17-14-24(21(27)28-16-19-8-5-4-6-9-19)15-18(2)25(17)20(26)22(3)12-13-23-10-7-11-23/h4-6,8-9,17-18H,7,10-16H2,1-3H3/t17-,18-/m0/s1. The van der Waals surface area contributed by atoms with Gasteiger partial charge in [0.2, 0.25) is 0 Å². The van der Waals surface area contributed by atoms with Gasteiger partial charge in [-0.05, 0) is 38.9 Å². The number of likely N-dealkylation sites (N-methyl/N-ethyl adjacent to an activating group) is 1. The molecule has 28 heavy (non-hydrogen) atoms. The van der Waals surface area contributed by atoms with Gasteiger partial charge in [-0.15, -0.1) is 0 Å². The number of carbonyl (C=O) groups is 2. The van der Waals surface area contributed by atoms with E-state index in [-0.39, 0.29) is 30.8 Å². The molecule has 2 fully saturated rings. The lowest BCUT2D eigenvalue weighted by Crippen LogP contribution is -2.62. The van der Waals surface area contributed by atoms with Crippen LogP contribution in [-0.2, 0) is 11.3 Å². The molecule has 2 heterocycles. The van der Waals surface area contributed by atoms with E-state index in [0.29, 0.717) is 13.1 Å². The number of hydrogen-bond donors (Lipinski definition) is 0. The highest BCUT2D eigenvalue weighted by Crippen LogP contribution is 2.19. The van der Waals surface area contributed by atoms with Gasteiger partial charge in [-0.25, -0.2) is 9.59 Å². The molecule has 154 valence electrons. The highest BCUT2D eigenvalue weighted by atomic mass is 16.6. The Morgan fingerprint density at radius 2 is 1.75 bits per heavy atom. The van der Waals surface area contributed by atoms with Crippen LogP contribution < -0.4 is 0 Å². The zero-order valence-electron chi connectivity index (χ0n) is 17.2. The second-order valence-corrected chi connectivity index (χ2v) is 7.95. The Hall–Kier alpha value is -2.28. The lowest BCUT2D eigenvalue weighted by Gasteiger charge is -2.45. The van der Waals surface area contributed by atoms with Crippen molar-refractivity contribution in [1.82, 2.24) is 19.6 Å². The average molecular weight is 389 g/mol. The van der Waals surface area contributed by atoms with Crippen LogP contribution in [0.2, 0.25) is 0 Å². The summed E-state index contributed by atoms with van der Waals surface area (Å²) in [4.78, 5) is 33.2. The number of hydrogen-bond acceptors (Lipinski definition) is 4. The first-order chi connectivity index (χ1) is 13.5. The fraction of sp³-hybridized carbons (Fsp3) is 0.619. The molecule has 0 spiro atoms. The van der Waals surface area contributed by atoms with E-state index in [1.54, 1.807) is 9.80 Å². The molecule has 0 aromatic heterocycles. The summed E-state index contributed by atoms with van der Waals surface area (Å²) in [6.45, 7) is 9.17. The SMILES string of the molecule is C[C@H]1CN(C(=O)OCc2ccccc2)C[C@H](C)N1C(=O)N(C)CCN1CCC1. The Morgan fingerprint density at radius 3 is 2.32 bits per heavy atom. The summed E-state index contributed by atoms with van der Waals surface area (Å²) in [5.74, 6) is 0. The lowest BCUT2D eigenvalue weighted by molar-refractivity contribution is 0.0331. The third-order valence-corrected chi connectivity index (χ3v) is 5.63. The van der Waals surface area contributed by atoms with Crippen LogP contribution in [0.3, 0.4) is 0 Å². The number of nitrogens with zero attached hydrogens (tertiary/aromatic N) is 4. The first kappa shape index (κ1) is 20.5. The van der Waals surface area contributed by atoms with Crippen molar-refractivity contribution < 1.29 is 14.3 Å². The molecule has 0 N–H and O–H groups in total. The van der Waals surface area contributed by atoms with Gasteiger partial charge in [0.1, 0.15) is 6.61 Å². The number of benzene rings is 1. The minimum absolute atomic E-state index is 0.0397. The first-order valence-corrected chi connectivity index (χ1v) is 10.2. The minimum atomic E-state index is -0.319. The maximum atomic E-state index is 12.9. The van der Waals surface area contributed by atoms with Gasteiger partial charge in [0.05, 0.1) is 0 Å². The molecule has 0 saturated carbocycles. The van der Waals surface area contributed by atoms with Crippen LogP contribution in [0.25, 0.3) is 0 Å². The number of piperazine rings is 1. The van der Waals surface area contributed by atoms with Crippen molar-refractivity contribution in [2.24, 2.45) is 0 Å².